The third-order valence-electron chi connectivity index (χ3n) is 1.31. The van der Waals surface area contributed by atoms with E-state index in [1.54, 1.807) is 12.1 Å². The van der Waals surface area contributed by atoms with Crippen molar-refractivity contribution in [3.8, 4) is 0 Å². The molecule has 3 nitrogen and oxygen atoms in total. The van der Waals surface area contributed by atoms with Crippen molar-refractivity contribution in [2.45, 2.75) is 12.8 Å². The van der Waals surface area contributed by atoms with E-state index >= 15 is 0 Å². The molecule has 0 N–H and O–H groups in total. The molecule has 0 aromatic carbocycles. The molecule has 1 saturated heterocycles. The van der Waals surface area contributed by atoms with Crippen molar-refractivity contribution in [2.24, 2.45) is 0 Å². The Bertz CT molecular complexity index is 114. The summed E-state index contributed by atoms with van der Waals surface area (Å²) in [5.74, 6) is 0.273. The summed E-state index contributed by atoms with van der Waals surface area (Å²) < 4.78 is 0. The Morgan fingerprint density at radius 3 is 3.22 bits per heavy atom. The van der Waals surface area contributed by atoms with Crippen molar-refractivity contribution >= 4 is 5.78 Å². The van der Waals surface area contributed by atoms with E-state index in [4.69, 9.17) is 4.84 Å². The van der Waals surface area contributed by atoms with Crippen LogP contribution in [-0.4, -0.2) is 31.0 Å². The van der Waals surface area contributed by atoms with Crippen LogP contribution in [0.1, 0.15) is 12.8 Å². The SMILES string of the molecule is CN1CC(=O)CCCO1. The molecule has 1 fully saturated rings. The summed E-state index contributed by atoms with van der Waals surface area (Å²) >= 11 is 0. The first-order chi connectivity index (χ1) is 4.29. The molecule has 0 unspecified atom stereocenters. The van der Waals surface area contributed by atoms with Gasteiger partial charge in [0.1, 0.15) is 5.78 Å². The molecule has 1 heterocycles. The van der Waals surface area contributed by atoms with E-state index in [0.717, 1.165) is 6.42 Å². The summed E-state index contributed by atoms with van der Waals surface area (Å²) in [4.78, 5) is 15.9. The number of nitrogens with zero attached hydrogens (tertiary/aromatic N) is 1. The Hall–Kier alpha value is -0.410. The van der Waals surface area contributed by atoms with E-state index < -0.39 is 0 Å². The highest BCUT2D eigenvalue weighted by molar-refractivity contribution is 5.80. The summed E-state index contributed by atoms with van der Waals surface area (Å²) in [6.45, 7) is 1.13. The van der Waals surface area contributed by atoms with E-state index in [2.05, 4.69) is 0 Å². The fourth-order valence-corrected chi connectivity index (χ4v) is 0.863. The van der Waals surface area contributed by atoms with Gasteiger partial charge in [0, 0.05) is 13.5 Å². The lowest BCUT2D eigenvalue weighted by atomic mass is 10.2. The molecule has 0 spiro atoms. The molecule has 52 valence electrons. The van der Waals surface area contributed by atoms with Gasteiger partial charge in [-0.25, -0.2) is 0 Å². The first kappa shape index (κ1) is 6.71. The van der Waals surface area contributed by atoms with Crippen LogP contribution in [0.15, 0.2) is 0 Å². The van der Waals surface area contributed by atoms with E-state index in [0.29, 0.717) is 19.6 Å². The average Bonchev–Trinajstić information content (AvgIpc) is 1.93. The molecule has 0 aliphatic carbocycles. The summed E-state index contributed by atoms with van der Waals surface area (Å²) in [6.07, 6.45) is 1.54. The second-order valence-electron chi connectivity index (χ2n) is 2.26. The zero-order valence-corrected chi connectivity index (χ0v) is 5.59. The van der Waals surface area contributed by atoms with Gasteiger partial charge >= 0.3 is 0 Å². The lowest BCUT2D eigenvalue weighted by Gasteiger charge is -2.09. The minimum atomic E-state index is 0.273. The number of carbonyl (C=O) groups is 1. The summed E-state index contributed by atoms with van der Waals surface area (Å²) in [6, 6.07) is 0. The zero-order chi connectivity index (χ0) is 6.69. The van der Waals surface area contributed by atoms with Gasteiger partial charge < -0.3 is 0 Å². The van der Waals surface area contributed by atoms with E-state index in [9.17, 15) is 4.79 Å². The largest absolute Gasteiger partial charge is 0.299 e. The van der Waals surface area contributed by atoms with E-state index in [1.165, 1.54) is 0 Å². The monoisotopic (exact) mass is 129 g/mol. The lowest BCUT2D eigenvalue weighted by molar-refractivity contribution is -0.144. The second kappa shape index (κ2) is 2.94. The fourth-order valence-electron chi connectivity index (χ4n) is 0.863. The van der Waals surface area contributed by atoms with Crippen LogP contribution in [-0.2, 0) is 9.63 Å². The molecule has 1 rings (SSSR count). The molecule has 0 atom stereocenters. The molecule has 0 aromatic rings. The number of hydroxylamine groups is 2. The summed E-state index contributed by atoms with van der Waals surface area (Å²) in [5.41, 5.74) is 0. The molecule has 0 bridgehead atoms. The lowest BCUT2D eigenvalue weighted by Crippen LogP contribution is -2.22. The molecule has 1 aliphatic rings. The number of ketones is 1. The summed E-state index contributed by atoms with van der Waals surface area (Å²) in [7, 11) is 1.78. The van der Waals surface area contributed by atoms with Crippen molar-refractivity contribution in [3.05, 3.63) is 0 Å². The van der Waals surface area contributed by atoms with Crippen molar-refractivity contribution < 1.29 is 9.63 Å². The predicted octanol–water partition coefficient (Wildman–Crippen LogP) is 0.213. The highest BCUT2D eigenvalue weighted by Gasteiger charge is 2.10. The topological polar surface area (TPSA) is 29.5 Å². The van der Waals surface area contributed by atoms with Crippen molar-refractivity contribution in [2.75, 3.05) is 20.2 Å². The minimum absolute atomic E-state index is 0.273. The highest BCUT2D eigenvalue weighted by atomic mass is 16.7. The molecular formula is C6H11NO2. The van der Waals surface area contributed by atoms with Gasteiger partial charge in [-0.05, 0) is 6.42 Å². The van der Waals surface area contributed by atoms with Crippen LogP contribution in [0.2, 0.25) is 0 Å². The first-order valence-electron chi connectivity index (χ1n) is 3.15. The van der Waals surface area contributed by atoms with Gasteiger partial charge in [0.2, 0.25) is 0 Å². The van der Waals surface area contributed by atoms with Crippen LogP contribution in [0.5, 0.6) is 0 Å². The Morgan fingerprint density at radius 1 is 1.67 bits per heavy atom. The molecule has 0 aromatic heterocycles. The normalized spacial score (nSPS) is 23.9. The first-order valence-corrected chi connectivity index (χ1v) is 3.15. The number of likely N-dealkylation sites (N-methyl/N-ethyl adjacent to an activating group) is 1. The van der Waals surface area contributed by atoms with Crippen LogP contribution in [0, 0.1) is 0 Å². The van der Waals surface area contributed by atoms with E-state index in [1.807, 2.05) is 0 Å². The molecule has 0 saturated carbocycles. The standard InChI is InChI=1S/C6H11NO2/c1-7-5-6(8)3-2-4-9-7/h2-5H2,1H3. The molecule has 1 aliphatic heterocycles. The Kier molecular flexibility index (Phi) is 2.19. The minimum Gasteiger partial charge on any atom is -0.299 e. The average molecular weight is 129 g/mol. The number of rotatable bonds is 0. The third-order valence-corrected chi connectivity index (χ3v) is 1.31. The van der Waals surface area contributed by atoms with Crippen molar-refractivity contribution in [1.82, 2.24) is 5.06 Å². The van der Waals surface area contributed by atoms with Gasteiger partial charge in [0.25, 0.3) is 0 Å². The molecular weight excluding hydrogens is 118 g/mol. The Balaban J connectivity index is 2.37. The third kappa shape index (κ3) is 2.11. The van der Waals surface area contributed by atoms with Crippen molar-refractivity contribution in [3.63, 3.8) is 0 Å². The maximum absolute atomic E-state index is 10.8. The number of hydrogen-bond donors (Lipinski definition) is 0. The smallest absolute Gasteiger partial charge is 0.149 e. The quantitative estimate of drug-likeness (QED) is 0.468. The maximum Gasteiger partial charge on any atom is 0.149 e. The van der Waals surface area contributed by atoms with Crippen LogP contribution in [0.3, 0.4) is 0 Å². The van der Waals surface area contributed by atoms with Crippen LogP contribution < -0.4 is 0 Å². The van der Waals surface area contributed by atoms with Crippen LogP contribution >= 0.6 is 0 Å². The molecule has 3 heteroatoms. The van der Waals surface area contributed by atoms with Gasteiger partial charge in [0.15, 0.2) is 0 Å². The van der Waals surface area contributed by atoms with Gasteiger partial charge in [-0.1, -0.05) is 0 Å². The molecule has 9 heavy (non-hydrogen) atoms. The fraction of sp³-hybridized carbons (Fsp3) is 0.833. The van der Waals surface area contributed by atoms with Gasteiger partial charge in [0.05, 0.1) is 13.2 Å². The van der Waals surface area contributed by atoms with Crippen LogP contribution in [0.25, 0.3) is 0 Å². The maximum atomic E-state index is 10.8. The van der Waals surface area contributed by atoms with Gasteiger partial charge in [-0.2, -0.15) is 5.06 Å². The molecule has 0 radical (unpaired) electrons. The van der Waals surface area contributed by atoms with Crippen LogP contribution in [0.4, 0.5) is 0 Å². The zero-order valence-electron chi connectivity index (χ0n) is 5.59. The van der Waals surface area contributed by atoms with Gasteiger partial charge in [-0.3, -0.25) is 9.63 Å². The Labute approximate surface area is 54.5 Å². The number of hydrogen-bond acceptors (Lipinski definition) is 3. The number of carbonyl (C=O) groups excluding carboxylic acids is 1. The summed E-state index contributed by atoms with van der Waals surface area (Å²) in [5, 5.41) is 1.59. The second-order valence-corrected chi connectivity index (χ2v) is 2.26. The molecule has 0 amide bonds. The Morgan fingerprint density at radius 2 is 2.44 bits per heavy atom. The van der Waals surface area contributed by atoms with E-state index in [-0.39, 0.29) is 5.78 Å². The highest BCUT2D eigenvalue weighted by Crippen LogP contribution is 2.00. The predicted molar refractivity (Wildman–Crippen MR) is 32.8 cm³/mol. The number of Topliss-reactive ketones (excluding diaryl/α,β-unsaturated/α-hetero) is 1. The van der Waals surface area contributed by atoms with Crippen molar-refractivity contribution in [1.29, 1.82) is 0 Å². The van der Waals surface area contributed by atoms with Gasteiger partial charge in [-0.15, -0.1) is 0 Å².